The Morgan fingerprint density at radius 1 is 1.25 bits per heavy atom. The van der Waals surface area contributed by atoms with Gasteiger partial charge in [0, 0.05) is 6.04 Å². The molecule has 0 aromatic rings. The lowest BCUT2D eigenvalue weighted by Gasteiger charge is -2.34. The van der Waals surface area contributed by atoms with Gasteiger partial charge in [-0.15, -0.1) is 0 Å². The van der Waals surface area contributed by atoms with E-state index in [9.17, 15) is 0 Å². The van der Waals surface area contributed by atoms with Gasteiger partial charge in [-0.05, 0) is 37.6 Å². The van der Waals surface area contributed by atoms with Gasteiger partial charge in [-0.25, -0.2) is 0 Å². The maximum absolute atomic E-state index is 3.61. The summed E-state index contributed by atoms with van der Waals surface area (Å²) < 4.78 is 0. The molecule has 0 amide bonds. The summed E-state index contributed by atoms with van der Waals surface area (Å²) in [5.74, 6) is 1.90. The van der Waals surface area contributed by atoms with Crippen molar-refractivity contribution in [2.45, 2.75) is 52.5 Å². The summed E-state index contributed by atoms with van der Waals surface area (Å²) in [6, 6.07) is 0.816. The largest absolute Gasteiger partial charge is 0.314 e. The first-order valence-corrected chi connectivity index (χ1v) is 5.51. The predicted molar refractivity (Wildman–Crippen MR) is 54.3 cm³/mol. The minimum Gasteiger partial charge on any atom is -0.314 e. The second-order valence-corrected chi connectivity index (χ2v) is 4.25. The van der Waals surface area contributed by atoms with Gasteiger partial charge in [-0.3, -0.25) is 0 Å². The molecule has 72 valence electrons. The van der Waals surface area contributed by atoms with Gasteiger partial charge in [-0.1, -0.05) is 27.2 Å². The van der Waals surface area contributed by atoms with Crippen LogP contribution in [0.25, 0.3) is 0 Å². The zero-order chi connectivity index (χ0) is 8.97. The minimum absolute atomic E-state index is 0.816. The lowest BCUT2D eigenvalue weighted by molar-refractivity contribution is 0.210. The van der Waals surface area contributed by atoms with Crippen LogP contribution in [0.3, 0.4) is 0 Å². The molecule has 1 rings (SSSR count). The number of hydrogen-bond acceptors (Lipinski definition) is 1. The Morgan fingerprint density at radius 3 is 2.58 bits per heavy atom. The molecule has 1 fully saturated rings. The Morgan fingerprint density at radius 2 is 2.00 bits per heavy atom. The molecule has 0 aromatic heterocycles. The third kappa shape index (κ3) is 2.48. The average Bonchev–Trinajstić information content (AvgIpc) is 2.08. The fourth-order valence-electron chi connectivity index (χ4n) is 2.48. The standard InChI is InChI=1S/C11H23N/c1-4-10-8-9(3)6-7-11(10)12-5-2/h9-12H,4-8H2,1-3H3. The molecular weight excluding hydrogens is 146 g/mol. The molecule has 0 saturated heterocycles. The molecule has 1 heteroatoms. The zero-order valence-corrected chi connectivity index (χ0v) is 8.77. The van der Waals surface area contributed by atoms with E-state index in [0.29, 0.717) is 0 Å². The van der Waals surface area contributed by atoms with Crippen molar-refractivity contribution >= 4 is 0 Å². The summed E-state index contributed by atoms with van der Waals surface area (Å²) in [6.07, 6.45) is 5.61. The van der Waals surface area contributed by atoms with Gasteiger partial charge in [0.2, 0.25) is 0 Å². The van der Waals surface area contributed by atoms with Gasteiger partial charge in [0.25, 0.3) is 0 Å². The van der Waals surface area contributed by atoms with E-state index in [0.717, 1.165) is 24.4 Å². The van der Waals surface area contributed by atoms with Crippen LogP contribution < -0.4 is 5.32 Å². The highest BCUT2D eigenvalue weighted by molar-refractivity contribution is 4.82. The molecule has 12 heavy (non-hydrogen) atoms. The van der Waals surface area contributed by atoms with Crippen LogP contribution in [0.2, 0.25) is 0 Å². The third-order valence-electron chi connectivity index (χ3n) is 3.24. The lowest BCUT2D eigenvalue weighted by atomic mass is 9.77. The third-order valence-corrected chi connectivity index (χ3v) is 3.24. The normalized spacial score (nSPS) is 36.8. The fraction of sp³-hybridized carbons (Fsp3) is 1.00. The van der Waals surface area contributed by atoms with Gasteiger partial charge in [-0.2, -0.15) is 0 Å². The maximum Gasteiger partial charge on any atom is 0.00953 e. The van der Waals surface area contributed by atoms with Crippen LogP contribution in [0.1, 0.15) is 46.5 Å². The average molecular weight is 169 g/mol. The molecule has 0 aromatic carbocycles. The monoisotopic (exact) mass is 169 g/mol. The SMILES string of the molecule is CCNC1CCC(C)CC1CC. The van der Waals surface area contributed by atoms with Crippen molar-refractivity contribution in [3.63, 3.8) is 0 Å². The van der Waals surface area contributed by atoms with E-state index in [-0.39, 0.29) is 0 Å². The van der Waals surface area contributed by atoms with E-state index >= 15 is 0 Å². The smallest absolute Gasteiger partial charge is 0.00953 e. The van der Waals surface area contributed by atoms with Gasteiger partial charge < -0.3 is 5.32 Å². The molecule has 3 atom stereocenters. The van der Waals surface area contributed by atoms with Crippen LogP contribution in [0.5, 0.6) is 0 Å². The zero-order valence-electron chi connectivity index (χ0n) is 8.77. The fourth-order valence-corrected chi connectivity index (χ4v) is 2.48. The predicted octanol–water partition coefficient (Wildman–Crippen LogP) is 2.81. The minimum atomic E-state index is 0.816. The molecule has 3 unspecified atom stereocenters. The summed E-state index contributed by atoms with van der Waals surface area (Å²) >= 11 is 0. The Hall–Kier alpha value is -0.0400. The molecule has 0 radical (unpaired) electrons. The van der Waals surface area contributed by atoms with Crippen molar-refractivity contribution in [3.05, 3.63) is 0 Å². The molecule has 0 bridgehead atoms. The Labute approximate surface area is 76.9 Å². The van der Waals surface area contributed by atoms with Crippen molar-refractivity contribution in [1.82, 2.24) is 5.32 Å². The summed E-state index contributed by atoms with van der Waals surface area (Å²) in [5, 5.41) is 3.61. The highest BCUT2D eigenvalue weighted by atomic mass is 14.9. The quantitative estimate of drug-likeness (QED) is 0.685. The van der Waals surface area contributed by atoms with Gasteiger partial charge in [0.05, 0.1) is 0 Å². The van der Waals surface area contributed by atoms with Crippen molar-refractivity contribution in [1.29, 1.82) is 0 Å². The van der Waals surface area contributed by atoms with Gasteiger partial charge >= 0.3 is 0 Å². The second kappa shape index (κ2) is 4.86. The summed E-state index contributed by atoms with van der Waals surface area (Å²) in [7, 11) is 0. The van der Waals surface area contributed by atoms with Crippen molar-refractivity contribution < 1.29 is 0 Å². The molecule has 0 heterocycles. The first-order valence-electron chi connectivity index (χ1n) is 5.51. The van der Waals surface area contributed by atoms with Crippen molar-refractivity contribution in [2.24, 2.45) is 11.8 Å². The van der Waals surface area contributed by atoms with Crippen molar-refractivity contribution in [3.8, 4) is 0 Å². The maximum atomic E-state index is 3.61. The first kappa shape index (κ1) is 10.0. The topological polar surface area (TPSA) is 12.0 Å². The van der Waals surface area contributed by atoms with Crippen LogP contribution >= 0.6 is 0 Å². The molecule has 0 spiro atoms. The Kier molecular flexibility index (Phi) is 4.07. The Balaban J connectivity index is 2.39. The van der Waals surface area contributed by atoms with Gasteiger partial charge in [0.1, 0.15) is 0 Å². The summed E-state index contributed by atoms with van der Waals surface area (Å²) in [6.45, 7) is 8.07. The van der Waals surface area contributed by atoms with Crippen LogP contribution in [0.15, 0.2) is 0 Å². The van der Waals surface area contributed by atoms with E-state index in [1.54, 1.807) is 0 Å². The van der Waals surface area contributed by atoms with Crippen LogP contribution in [-0.4, -0.2) is 12.6 Å². The van der Waals surface area contributed by atoms with Crippen LogP contribution in [0, 0.1) is 11.8 Å². The molecule has 1 nitrogen and oxygen atoms in total. The lowest BCUT2D eigenvalue weighted by Crippen LogP contribution is -2.39. The number of nitrogens with one attached hydrogen (secondary N) is 1. The van der Waals surface area contributed by atoms with E-state index in [1.807, 2.05) is 0 Å². The summed E-state index contributed by atoms with van der Waals surface area (Å²) in [4.78, 5) is 0. The van der Waals surface area contributed by atoms with Crippen LogP contribution in [-0.2, 0) is 0 Å². The second-order valence-electron chi connectivity index (χ2n) is 4.25. The highest BCUT2D eigenvalue weighted by Crippen LogP contribution is 2.30. The van der Waals surface area contributed by atoms with E-state index in [4.69, 9.17) is 0 Å². The molecule has 0 aliphatic heterocycles. The number of hydrogen-bond donors (Lipinski definition) is 1. The van der Waals surface area contributed by atoms with E-state index in [2.05, 4.69) is 26.1 Å². The first-order chi connectivity index (χ1) is 5.77. The van der Waals surface area contributed by atoms with E-state index < -0.39 is 0 Å². The molecule has 1 saturated carbocycles. The van der Waals surface area contributed by atoms with E-state index in [1.165, 1.54) is 25.7 Å². The van der Waals surface area contributed by atoms with Crippen molar-refractivity contribution in [2.75, 3.05) is 6.54 Å². The highest BCUT2D eigenvalue weighted by Gasteiger charge is 2.26. The summed E-state index contributed by atoms with van der Waals surface area (Å²) in [5.41, 5.74) is 0. The Bertz CT molecular complexity index is 122. The van der Waals surface area contributed by atoms with Gasteiger partial charge in [0.15, 0.2) is 0 Å². The molecular formula is C11H23N. The molecule has 1 aliphatic carbocycles. The molecule has 1 N–H and O–H groups in total. The molecule has 1 aliphatic rings. The number of rotatable bonds is 3. The van der Waals surface area contributed by atoms with Crippen LogP contribution in [0.4, 0.5) is 0 Å².